The highest BCUT2D eigenvalue weighted by molar-refractivity contribution is 6.09. The van der Waals surface area contributed by atoms with Gasteiger partial charge in [-0.1, -0.05) is 82.0 Å². The predicted octanol–water partition coefficient (Wildman–Crippen LogP) is 7.49. The van der Waals surface area contributed by atoms with Gasteiger partial charge >= 0.3 is 0 Å². The molecule has 0 heteroatoms. The van der Waals surface area contributed by atoms with E-state index in [0.717, 1.165) is 11.1 Å². The smallest absolute Gasteiger partial charge is 0.0255 e. The fourth-order valence-electron chi connectivity index (χ4n) is 5.85. The molecular formula is C31H26. The Kier molecular flexibility index (Phi) is 3.51. The Morgan fingerprint density at radius 3 is 1.90 bits per heavy atom. The number of aryl methyl sites for hydroxylation is 1. The molecule has 0 saturated carbocycles. The van der Waals surface area contributed by atoms with Crippen molar-refractivity contribution >= 4 is 10.8 Å². The van der Waals surface area contributed by atoms with Crippen molar-refractivity contribution in [2.45, 2.75) is 45.4 Å². The zero-order chi connectivity index (χ0) is 21.5. The summed E-state index contributed by atoms with van der Waals surface area (Å²) in [6.45, 7) is 11.8. The molecule has 0 unspecified atom stereocenters. The molecule has 0 bridgehead atoms. The predicted molar refractivity (Wildman–Crippen MR) is 131 cm³/mol. The average Bonchev–Trinajstić information content (AvgIpc) is 2.98. The second kappa shape index (κ2) is 5.89. The van der Waals surface area contributed by atoms with Crippen molar-refractivity contribution in [3.8, 4) is 23.0 Å². The Hall–Kier alpha value is -3.30. The van der Waals surface area contributed by atoms with E-state index < -0.39 is 0 Å². The summed E-state index contributed by atoms with van der Waals surface area (Å²) in [5.41, 5.74) is 12.1. The molecule has 0 radical (unpaired) electrons. The van der Waals surface area contributed by atoms with Crippen LogP contribution in [0, 0.1) is 18.8 Å². The maximum Gasteiger partial charge on any atom is 0.0255 e. The first-order valence-electron chi connectivity index (χ1n) is 11.1. The quantitative estimate of drug-likeness (QED) is 0.269. The first-order chi connectivity index (χ1) is 14.8. The minimum Gasteiger partial charge on any atom is -0.0622 e. The summed E-state index contributed by atoms with van der Waals surface area (Å²) in [5.74, 6) is 6.85. The summed E-state index contributed by atoms with van der Waals surface area (Å²) in [6.07, 6.45) is 0. The van der Waals surface area contributed by atoms with E-state index >= 15 is 0 Å². The first kappa shape index (κ1) is 18.5. The molecule has 0 aliphatic heterocycles. The summed E-state index contributed by atoms with van der Waals surface area (Å²) in [5, 5.41) is 2.86. The number of hydrogen-bond acceptors (Lipinski definition) is 0. The van der Waals surface area contributed by atoms with Crippen molar-refractivity contribution in [2.75, 3.05) is 0 Å². The molecule has 2 aliphatic carbocycles. The van der Waals surface area contributed by atoms with Gasteiger partial charge in [0.1, 0.15) is 0 Å². The lowest BCUT2D eigenvalue weighted by Crippen LogP contribution is -2.24. The largest absolute Gasteiger partial charge is 0.0622 e. The topological polar surface area (TPSA) is 0 Å². The van der Waals surface area contributed by atoms with E-state index in [4.69, 9.17) is 0 Å². The van der Waals surface area contributed by atoms with Crippen LogP contribution in [0.15, 0.2) is 66.7 Å². The Labute approximate surface area is 184 Å². The second-order valence-electron chi connectivity index (χ2n) is 10.2. The third-order valence-corrected chi connectivity index (χ3v) is 7.58. The lowest BCUT2D eigenvalue weighted by Gasteiger charge is -2.35. The minimum atomic E-state index is -0.0630. The Balaban J connectivity index is 1.71. The molecule has 6 rings (SSSR count). The van der Waals surface area contributed by atoms with Crippen LogP contribution in [0.5, 0.6) is 0 Å². The van der Waals surface area contributed by atoms with E-state index in [1.807, 2.05) is 18.2 Å². The summed E-state index contributed by atoms with van der Waals surface area (Å²) in [4.78, 5) is 0. The third-order valence-electron chi connectivity index (χ3n) is 7.58. The SMILES string of the molecule is Cc1cc2c3c4c(cccc14)C(C)(C)c1cc(C#Cc4ccccc4)cc(c1-3)C2(C)C. The van der Waals surface area contributed by atoms with Crippen LogP contribution in [0.3, 0.4) is 0 Å². The fourth-order valence-corrected chi connectivity index (χ4v) is 5.85. The maximum atomic E-state index is 3.47. The van der Waals surface area contributed by atoms with Gasteiger partial charge in [-0.2, -0.15) is 0 Å². The van der Waals surface area contributed by atoms with Gasteiger partial charge in [0.15, 0.2) is 0 Å². The molecule has 0 amide bonds. The Bertz CT molecular complexity index is 1470. The van der Waals surface area contributed by atoms with Crippen molar-refractivity contribution in [1.29, 1.82) is 0 Å². The van der Waals surface area contributed by atoms with Crippen LogP contribution in [0.4, 0.5) is 0 Å². The van der Waals surface area contributed by atoms with Gasteiger partial charge in [0.2, 0.25) is 0 Å². The molecule has 0 fully saturated rings. The zero-order valence-corrected chi connectivity index (χ0v) is 18.9. The molecule has 150 valence electrons. The van der Waals surface area contributed by atoms with Gasteiger partial charge in [0.25, 0.3) is 0 Å². The van der Waals surface area contributed by atoms with E-state index in [1.165, 1.54) is 49.7 Å². The van der Waals surface area contributed by atoms with Crippen molar-refractivity contribution in [1.82, 2.24) is 0 Å². The van der Waals surface area contributed by atoms with Gasteiger partial charge in [-0.25, -0.2) is 0 Å². The summed E-state index contributed by atoms with van der Waals surface area (Å²) in [6, 6.07) is 24.2. The van der Waals surface area contributed by atoms with Gasteiger partial charge in [0, 0.05) is 22.0 Å². The number of rotatable bonds is 0. The minimum absolute atomic E-state index is 0.0314. The Morgan fingerprint density at radius 2 is 1.19 bits per heavy atom. The van der Waals surface area contributed by atoms with Gasteiger partial charge in [-0.3, -0.25) is 0 Å². The molecule has 0 aromatic heterocycles. The highest BCUT2D eigenvalue weighted by Crippen LogP contribution is 2.59. The van der Waals surface area contributed by atoms with E-state index in [0.29, 0.717) is 0 Å². The van der Waals surface area contributed by atoms with Crippen molar-refractivity contribution in [2.24, 2.45) is 0 Å². The lowest BCUT2D eigenvalue weighted by molar-refractivity contribution is 0.639. The maximum absolute atomic E-state index is 3.47. The van der Waals surface area contributed by atoms with Crippen molar-refractivity contribution in [3.05, 3.63) is 106 Å². The van der Waals surface area contributed by atoms with Gasteiger partial charge in [0.05, 0.1) is 0 Å². The monoisotopic (exact) mass is 398 g/mol. The summed E-state index contributed by atoms with van der Waals surface area (Å²) >= 11 is 0. The summed E-state index contributed by atoms with van der Waals surface area (Å²) < 4.78 is 0. The van der Waals surface area contributed by atoms with E-state index in [1.54, 1.807) is 0 Å². The fraction of sp³-hybridized carbons (Fsp3) is 0.226. The second-order valence-corrected chi connectivity index (χ2v) is 10.2. The van der Waals surface area contributed by atoms with Gasteiger partial charge in [-0.05, 0) is 80.9 Å². The highest BCUT2D eigenvalue weighted by atomic mass is 14.5. The molecule has 0 N–H and O–H groups in total. The third kappa shape index (κ3) is 2.33. The lowest BCUT2D eigenvalue weighted by atomic mass is 9.68. The van der Waals surface area contributed by atoms with Crippen LogP contribution in [-0.2, 0) is 10.8 Å². The van der Waals surface area contributed by atoms with Crippen molar-refractivity contribution in [3.63, 3.8) is 0 Å². The molecule has 2 aliphatic rings. The molecule has 0 heterocycles. The molecular weight excluding hydrogens is 372 g/mol. The average molecular weight is 399 g/mol. The van der Waals surface area contributed by atoms with Crippen molar-refractivity contribution < 1.29 is 0 Å². The van der Waals surface area contributed by atoms with E-state index in [-0.39, 0.29) is 10.8 Å². The van der Waals surface area contributed by atoms with Crippen LogP contribution in [0.2, 0.25) is 0 Å². The molecule has 0 spiro atoms. The van der Waals surface area contributed by atoms with Crippen LogP contribution in [0.1, 0.15) is 66.6 Å². The van der Waals surface area contributed by atoms with Gasteiger partial charge < -0.3 is 0 Å². The molecule has 0 saturated heterocycles. The van der Waals surface area contributed by atoms with Gasteiger partial charge in [-0.15, -0.1) is 0 Å². The van der Waals surface area contributed by atoms with Crippen LogP contribution in [0.25, 0.3) is 21.9 Å². The normalized spacial score (nSPS) is 16.2. The number of benzene rings is 4. The molecule has 0 atom stereocenters. The van der Waals surface area contributed by atoms with Crippen LogP contribution < -0.4 is 0 Å². The zero-order valence-electron chi connectivity index (χ0n) is 18.9. The van der Waals surface area contributed by atoms with E-state index in [9.17, 15) is 0 Å². The molecule has 0 nitrogen and oxygen atoms in total. The molecule has 4 aromatic rings. The Morgan fingerprint density at radius 1 is 0.581 bits per heavy atom. The molecule has 31 heavy (non-hydrogen) atoms. The summed E-state index contributed by atoms with van der Waals surface area (Å²) in [7, 11) is 0. The number of hydrogen-bond donors (Lipinski definition) is 0. The highest BCUT2D eigenvalue weighted by Gasteiger charge is 2.45. The first-order valence-corrected chi connectivity index (χ1v) is 11.1. The molecule has 4 aromatic carbocycles. The van der Waals surface area contributed by atoms with E-state index in [2.05, 4.69) is 95.0 Å². The van der Waals surface area contributed by atoms with Crippen LogP contribution in [-0.4, -0.2) is 0 Å². The van der Waals surface area contributed by atoms with Crippen LogP contribution >= 0.6 is 0 Å². The standard InChI is InChI=1S/C31H26/c1-19-16-24-29-27-22(19)12-9-13-23(27)30(2,3)25-17-21(15-14-20-10-7-6-8-11-20)18-26(28(25)29)31(24,4)5/h6-13,16-18H,1-5H3.